The first-order chi connectivity index (χ1) is 7.18. The summed E-state index contributed by atoms with van der Waals surface area (Å²) >= 11 is 2.35. The van der Waals surface area contributed by atoms with Crippen LogP contribution in [-0.2, 0) is 6.54 Å². The van der Waals surface area contributed by atoms with E-state index in [1.807, 2.05) is 6.07 Å². The van der Waals surface area contributed by atoms with Gasteiger partial charge in [-0.3, -0.25) is 4.68 Å². The zero-order valence-corrected chi connectivity index (χ0v) is 11.0. The summed E-state index contributed by atoms with van der Waals surface area (Å²) in [5.74, 6) is 0. The van der Waals surface area contributed by atoms with Gasteiger partial charge in [-0.2, -0.15) is 5.10 Å². The van der Waals surface area contributed by atoms with Crippen molar-refractivity contribution in [2.24, 2.45) is 0 Å². The summed E-state index contributed by atoms with van der Waals surface area (Å²) in [7, 11) is 0. The largest absolute Gasteiger partial charge is 0.264 e. The Morgan fingerprint density at radius 3 is 2.40 bits per heavy atom. The molecule has 0 radical (unpaired) electrons. The predicted octanol–water partition coefficient (Wildman–Crippen LogP) is 3.15. The van der Waals surface area contributed by atoms with Gasteiger partial charge in [-0.25, -0.2) is 0 Å². The smallest absolute Gasteiger partial charge is 0.0730 e. The van der Waals surface area contributed by atoms with Crippen molar-refractivity contribution in [2.75, 3.05) is 0 Å². The molecule has 0 saturated heterocycles. The third-order valence-corrected chi connectivity index (χ3v) is 4.03. The molecule has 0 amide bonds. The van der Waals surface area contributed by atoms with Crippen LogP contribution >= 0.6 is 22.6 Å². The van der Waals surface area contributed by atoms with Gasteiger partial charge in [0.05, 0.1) is 15.8 Å². The summed E-state index contributed by atoms with van der Waals surface area (Å²) in [5.41, 5.74) is 3.65. The SMILES string of the molecule is Cc1nn(Cc2ccccc2)c(C)c1I. The number of nitrogens with zero attached hydrogens (tertiary/aromatic N) is 2. The third-order valence-electron chi connectivity index (χ3n) is 2.47. The Balaban J connectivity index is 2.29. The lowest BCUT2D eigenvalue weighted by atomic mass is 10.2. The van der Waals surface area contributed by atoms with E-state index in [2.05, 4.69) is 70.5 Å². The van der Waals surface area contributed by atoms with Gasteiger partial charge in [0.2, 0.25) is 0 Å². The average molecular weight is 312 g/mol. The van der Waals surface area contributed by atoms with Crippen LogP contribution in [0.2, 0.25) is 0 Å². The van der Waals surface area contributed by atoms with Gasteiger partial charge >= 0.3 is 0 Å². The van der Waals surface area contributed by atoms with Crippen LogP contribution in [0.3, 0.4) is 0 Å². The third kappa shape index (κ3) is 2.22. The van der Waals surface area contributed by atoms with Gasteiger partial charge in [0.25, 0.3) is 0 Å². The van der Waals surface area contributed by atoms with E-state index >= 15 is 0 Å². The van der Waals surface area contributed by atoms with E-state index in [0.29, 0.717) is 0 Å². The van der Waals surface area contributed by atoms with Crippen molar-refractivity contribution in [2.45, 2.75) is 20.4 Å². The van der Waals surface area contributed by atoms with E-state index in [-0.39, 0.29) is 0 Å². The van der Waals surface area contributed by atoms with Gasteiger partial charge in [0.15, 0.2) is 0 Å². The Kier molecular flexibility index (Phi) is 3.09. The van der Waals surface area contributed by atoms with Gasteiger partial charge in [-0.1, -0.05) is 30.3 Å². The molecule has 0 fully saturated rings. The first kappa shape index (κ1) is 10.7. The molecular formula is C12H13IN2. The molecule has 0 N–H and O–H groups in total. The van der Waals surface area contributed by atoms with Crippen molar-refractivity contribution in [3.05, 3.63) is 50.9 Å². The number of hydrogen-bond acceptors (Lipinski definition) is 1. The molecule has 15 heavy (non-hydrogen) atoms. The molecule has 0 unspecified atom stereocenters. The van der Waals surface area contributed by atoms with Crippen molar-refractivity contribution in [1.29, 1.82) is 0 Å². The highest BCUT2D eigenvalue weighted by Gasteiger charge is 2.08. The summed E-state index contributed by atoms with van der Waals surface area (Å²) < 4.78 is 3.33. The fraction of sp³-hybridized carbons (Fsp3) is 0.250. The Hall–Kier alpha value is -0.840. The second kappa shape index (κ2) is 4.35. The number of benzene rings is 1. The lowest BCUT2D eigenvalue weighted by molar-refractivity contribution is 0.658. The highest BCUT2D eigenvalue weighted by Crippen LogP contribution is 2.16. The van der Waals surface area contributed by atoms with Gasteiger partial charge in [0.1, 0.15) is 0 Å². The minimum atomic E-state index is 0.858. The Labute approximate surface area is 103 Å². The first-order valence-corrected chi connectivity index (χ1v) is 6.00. The second-order valence-corrected chi connectivity index (χ2v) is 4.71. The Morgan fingerprint density at radius 1 is 1.20 bits per heavy atom. The molecule has 1 aromatic carbocycles. The van der Waals surface area contributed by atoms with Crippen molar-refractivity contribution in [1.82, 2.24) is 9.78 Å². The van der Waals surface area contributed by atoms with Crippen LogP contribution < -0.4 is 0 Å². The average Bonchev–Trinajstić information content (AvgIpc) is 2.48. The zero-order valence-electron chi connectivity index (χ0n) is 8.87. The van der Waals surface area contributed by atoms with E-state index in [9.17, 15) is 0 Å². The Bertz CT molecular complexity index is 460. The fourth-order valence-corrected chi connectivity index (χ4v) is 1.97. The van der Waals surface area contributed by atoms with Crippen molar-refractivity contribution < 1.29 is 0 Å². The topological polar surface area (TPSA) is 17.8 Å². The monoisotopic (exact) mass is 312 g/mol. The van der Waals surface area contributed by atoms with Crippen molar-refractivity contribution in [3.8, 4) is 0 Å². The van der Waals surface area contributed by atoms with Crippen LogP contribution in [0.5, 0.6) is 0 Å². The molecule has 0 aliphatic rings. The molecule has 78 valence electrons. The minimum Gasteiger partial charge on any atom is -0.264 e. The summed E-state index contributed by atoms with van der Waals surface area (Å²) in [6.45, 7) is 5.03. The number of rotatable bonds is 2. The molecule has 0 spiro atoms. The number of halogens is 1. The summed E-state index contributed by atoms with van der Waals surface area (Å²) in [6.07, 6.45) is 0. The van der Waals surface area contributed by atoms with Crippen LogP contribution in [0.15, 0.2) is 30.3 Å². The second-order valence-electron chi connectivity index (χ2n) is 3.63. The van der Waals surface area contributed by atoms with Crippen molar-refractivity contribution >= 4 is 22.6 Å². The lowest BCUT2D eigenvalue weighted by Crippen LogP contribution is -2.03. The zero-order chi connectivity index (χ0) is 10.8. The van der Waals surface area contributed by atoms with Crippen molar-refractivity contribution in [3.63, 3.8) is 0 Å². The predicted molar refractivity (Wildman–Crippen MR) is 70.0 cm³/mol. The summed E-state index contributed by atoms with van der Waals surface area (Å²) in [6, 6.07) is 10.4. The molecule has 0 aliphatic carbocycles. The highest BCUT2D eigenvalue weighted by molar-refractivity contribution is 14.1. The highest BCUT2D eigenvalue weighted by atomic mass is 127. The number of aromatic nitrogens is 2. The molecule has 0 saturated carbocycles. The quantitative estimate of drug-likeness (QED) is 0.779. The summed E-state index contributed by atoms with van der Waals surface area (Å²) in [5, 5.41) is 4.51. The maximum absolute atomic E-state index is 4.51. The first-order valence-electron chi connectivity index (χ1n) is 4.92. The molecular weight excluding hydrogens is 299 g/mol. The Morgan fingerprint density at radius 2 is 1.87 bits per heavy atom. The lowest BCUT2D eigenvalue weighted by Gasteiger charge is -2.04. The van der Waals surface area contributed by atoms with E-state index in [0.717, 1.165) is 12.2 Å². The molecule has 0 aliphatic heterocycles. The van der Waals surface area contributed by atoms with E-state index in [1.165, 1.54) is 14.8 Å². The normalized spacial score (nSPS) is 10.6. The molecule has 1 aromatic heterocycles. The summed E-state index contributed by atoms with van der Waals surface area (Å²) in [4.78, 5) is 0. The number of aryl methyl sites for hydroxylation is 1. The van der Waals surface area contributed by atoms with E-state index < -0.39 is 0 Å². The van der Waals surface area contributed by atoms with E-state index in [4.69, 9.17) is 0 Å². The maximum atomic E-state index is 4.51. The molecule has 1 heterocycles. The molecule has 2 rings (SSSR count). The van der Waals surface area contributed by atoms with Crippen LogP contribution in [0.25, 0.3) is 0 Å². The molecule has 0 bridgehead atoms. The van der Waals surface area contributed by atoms with Gasteiger partial charge in [-0.15, -0.1) is 0 Å². The van der Waals surface area contributed by atoms with Crippen LogP contribution in [0.1, 0.15) is 17.0 Å². The van der Waals surface area contributed by atoms with Gasteiger partial charge in [-0.05, 0) is 42.0 Å². The van der Waals surface area contributed by atoms with Crippen LogP contribution in [-0.4, -0.2) is 9.78 Å². The molecule has 3 heteroatoms. The van der Waals surface area contributed by atoms with Crippen LogP contribution in [0, 0.1) is 17.4 Å². The molecule has 0 atom stereocenters. The van der Waals surface area contributed by atoms with Gasteiger partial charge < -0.3 is 0 Å². The maximum Gasteiger partial charge on any atom is 0.0730 e. The van der Waals surface area contributed by atoms with Gasteiger partial charge in [0, 0.05) is 5.69 Å². The number of hydrogen-bond donors (Lipinski definition) is 0. The standard InChI is InChI=1S/C12H13IN2/c1-9-12(13)10(2)15(14-9)8-11-6-4-3-5-7-11/h3-7H,8H2,1-2H3. The minimum absolute atomic E-state index is 0.858. The fourth-order valence-electron chi connectivity index (χ4n) is 1.59. The van der Waals surface area contributed by atoms with Crippen LogP contribution in [0.4, 0.5) is 0 Å². The molecule has 2 nitrogen and oxygen atoms in total. The molecule has 2 aromatic rings. The van der Waals surface area contributed by atoms with E-state index in [1.54, 1.807) is 0 Å².